The lowest BCUT2D eigenvalue weighted by atomic mass is 10.1. The Balaban J connectivity index is 1.39. The van der Waals surface area contributed by atoms with Crippen LogP contribution in [0.15, 0.2) is 6.07 Å². The maximum atomic E-state index is 12.5. The van der Waals surface area contributed by atoms with Crippen molar-refractivity contribution in [3.05, 3.63) is 17.6 Å². The molecule has 1 aromatic heterocycles. The third-order valence-corrected chi connectivity index (χ3v) is 5.38. The fourth-order valence-electron chi connectivity index (χ4n) is 3.87. The van der Waals surface area contributed by atoms with Gasteiger partial charge in [0.25, 0.3) is 0 Å². The first kappa shape index (κ1) is 18.1. The largest absolute Gasteiger partial charge is 0.369 e. The van der Waals surface area contributed by atoms with Crippen molar-refractivity contribution in [1.82, 2.24) is 19.8 Å². The molecule has 6 heteroatoms. The summed E-state index contributed by atoms with van der Waals surface area (Å²) < 4.78 is 0. The third kappa shape index (κ3) is 4.91. The van der Waals surface area contributed by atoms with Crippen molar-refractivity contribution >= 4 is 11.7 Å². The smallest absolute Gasteiger partial charge is 0.225 e. The molecule has 2 fully saturated rings. The molecule has 2 aliphatic rings. The average Bonchev–Trinajstić information content (AvgIpc) is 3.16. The van der Waals surface area contributed by atoms with E-state index in [4.69, 9.17) is 0 Å². The van der Waals surface area contributed by atoms with Crippen LogP contribution < -0.4 is 5.32 Å². The van der Waals surface area contributed by atoms with Crippen molar-refractivity contribution in [1.29, 1.82) is 0 Å². The van der Waals surface area contributed by atoms with Gasteiger partial charge >= 0.3 is 0 Å². The highest BCUT2D eigenvalue weighted by Crippen LogP contribution is 2.26. The summed E-state index contributed by atoms with van der Waals surface area (Å²) in [4.78, 5) is 25.9. The highest BCUT2D eigenvalue weighted by atomic mass is 16.2. The van der Waals surface area contributed by atoms with Gasteiger partial charge in [0.1, 0.15) is 11.6 Å². The van der Waals surface area contributed by atoms with Gasteiger partial charge in [-0.15, -0.1) is 0 Å². The van der Waals surface area contributed by atoms with Crippen LogP contribution in [0.3, 0.4) is 0 Å². The molecular weight excluding hydrogens is 314 g/mol. The molecule has 6 nitrogen and oxygen atoms in total. The Morgan fingerprint density at radius 2 is 1.92 bits per heavy atom. The minimum absolute atomic E-state index is 0.307. The first-order chi connectivity index (χ1) is 12.2. The predicted molar refractivity (Wildman–Crippen MR) is 99.6 cm³/mol. The molecule has 3 rings (SSSR count). The molecule has 0 spiro atoms. The molecule has 0 unspecified atom stereocenters. The van der Waals surface area contributed by atoms with Crippen LogP contribution in [0.1, 0.15) is 44.1 Å². The second-order valence-electron chi connectivity index (χ2n) is 7.22. The van der Waals surface area contributed by atoms with Crippen LogP contribution in [0.5, 0.6) is 0 Å². The number of carbonyl (C=O) groups excluding carboxylic acids is 1. The zero-order chi connectivity index (χ0) is 17.6. The number of hydrogen-bond acceptors (Lipinski definition) is 5. The van der Waals surface area contributed by atoms with Crippen LogP contribution in [0.2, 0.25) is 0 Å². The van der Waals surface area contributed by atoms with Crippen LogP contribution in [0, 0.1) is 12.8 Å². The highest BCUT2D eigenvalue weighted by Gasteiger charge is 2.29. The third-order valence-electron chi connectivity index (χ3n) is 5.38. The van der Waals surface area contributed by atoms with Crippen molar-refractivity contribution < 1.29 is 4.79 Å². The molecule has 0 bridgehead atoms. The maximum Gasteiger partial charge on any atom is 0.225 e. The van der Waals surface area contributed by atoms with Crippen molar-refractivity contribution in [2.45, 2.75) is 46.0 Å². The Morgan fingerprint density at radius 3 is 2.60 bits per heavy atom. The number of piperazine rings is 1. The molecule has 1 N–H and O–H groups in total. The maximum absolute atomic E-state index is 12.5. The van der Waals surface area contributed by atoms with Gasteiger partial charge in [0.2, 0.25) is 5.91 Å². The van der Waals surface area contributed by atoms with E-state index in [1.807, 2.05) is 13.0 Å². The van der Waals surface area contributed by atoms with Gasteiger partial charge in [-0.25, -0.2) is 9.97 Å². The fraction of sp³-hybridized carbons (Fsp3) is 0.737. The Bertz CT molecular complexity index is 577. The van der Waals surface area contributed by atoms with Crippen LogP contribution in [-0.4, -0.2) is 64.9 Å². The van der Waals surface area contributed by atoms with Gasteiger partial charge in [-0.2, -0.15) is 0 Å². The van der Waals surface area contributed by atoms with Crippen molar-refractivity contribution in [3.8, 4) is 0 Å². The summed E-state index contributed by atoms with van der Waals surface area (Å²) in [7, 11) is 0. The van der Waals surface area contributed by atoms with E-state index in [0.717, 1.165) is 75.9 Å². The van der Waals surface area contributed by atoms with Gasteiger partial charge < -0.3 is 10.2 Å². The number of amides is 1. The zero-order valence-electron chi connectivity index (χ0n) is 15.6. The van der Waals surface area contributed by atoms with Gasteiger partial charge in [0, 0.05) is 56.9 Å². The SMILES string of the molecule is CCc1cc(NCCN2CCN(C(=O)C3CCCC3)CC2)nc(C)n1. The van der Waals surface area contributed by atoms with Gasteiger partial charge in [-0.1, -0.05) is 19.8 Å². The molecular formula is C19H31N5O. The quantitative estimate of drug-likeness (QED) is 0.855. The topological polar surface area (TPSA) is 61.4 Å². The summed E-state index contributed by atoms with van der Waals surface area (Å²) in [5.41, 5.74) is 1.08. The number of aromatic nitrogens is 2. The highest BCUT2D eigenvalue weighted by molar-refractivity contribution is 5.79. The number of nitrogens with one attached hydrogen (secondary N) is 1. The second-order valence-corrected chi connectivity index (χ2v) is 7.22. The first-order valence-electron chi connectivity index (χ1n) is 9.75. The van der Waals surface area contributed by atoms with Crippen LogP contribution in [0.25, 0.3) is 0 Å². The summed E-state index contributed by atoms with van der Waals surface area (Å²) in [5.74, 6) is 2.45. The monoisotopic (exact) mass is 345 g/mol. The Labute approximate surface area is 151 Å². The number of carbonyl (C=O) groups is 1. The van der Waals surface area contributed by atoms with Crippen molar-refractivity contribution in [2.24, 2.45) is 5.92 Å². The summed E-state index contributed by atoms with van der Waals surface area (Å²) >= 11 is 0. The van der Waals surface area contributed by atoms with E-state index in [0.29, 0.717) is 11.8 Å². The normalized spacial score (nSPS) is 19.4. The molecule has 1 aliphatic heterocycles. The zero-order valence-corrected chi connectivity index (χ0v) is 15.6. The molecule has 1 saturated carbocycles. The predicted octanol–water partition coefficient (Wildman–Crippen LogP) is 2.09. The average molecular weight is 345 g/mol. The van der Waals surface area contributed by atoms with E-state index in [1.54, 1.807) is 0 Å². The number of hydrogen-bond donors (Lipinski definition) is 1. The summed E-state index contributed by atoms with van der Waals surface area (Å²) in [5, 5.41) is 3.41. The molecule has 1 aliphatic carbocycles. The van der Waals surface area contributed by atoms with Crippen molar-refractivity contribution in [2.75, 3.05) is 44.6 Å². The molecule has 1 amide bonds. The minimum Gasteiger partial charge on any atom is -0.369 e. The standard InChI is InChI=1S/C19H31N5O/c1-3-17-14-18(22-15(2)21-17)20-8-9-23-10-12-24(13-11-23)19(25)16-6-4-5-7-16/h14,16H,3-13H2,1-2H3,(H,20,21,22). The Hall–Kier alpha value is -1.69. The van der Waals surface area contributed by atoms with E-state index in [1.165, 1.54) is 12.8 Å². The van der Waals surface area contributed by atoms with Gasteiger partial charge in [-0.3, -0.25) is 9.69 Å². The lowest BCUT2D eigenvalue weighted by Gasteiger charge is -2.36. The molecule has 25 heavy (non-hydrogen) atoms. The molecule has 138 valence electrons. The molecule has 0 aromatic carbocycles. The van der Waals surface area contributed by atoms with Crippen LogP contribution in [-0.2, 0) is 11.2 Å². The van der Waals surface area contributed by atoms with E-state index in [9.17, 15) is 4.79 Å². The Morgan fingerprint density at radius 1 is 1.20 bits per heavy atom. The van der Waals surface area contributed by atoms with Gasteiger partial charge in [0.05, 0.1) is 0 Å². The van der Waals surface area contributed by atoms with Gasteiger partial charge in [-0.05, 0) is 26.2 Å². The molecule has 2 heterocycles. The van der Waals surface area contributed by atoms with Crippen LogP contribution >= 0.6 is 0 Å². The molecule has 0 radical (unpaired) electrons. The number of nitrogens with zero attached hydrogens (tertiary/aromatic N) is 4. The fourth-order valence-corrected chi connectivity index (χ4v) is 3.87. The number of anilines is 1. The van der Waals surface area contributed by atoms with E-state index < -0.39 is 0 Å². The van der Waals surface area contributed by atoms with Crippen molar-refractivity contribution in [3.63, 3.8) is 0 Å². The first-order valence-corrected chi connectivity index (χ1v) is 9.75. The summed E-state index contributed by atoms with van der Waals surface area (Å²) in [6.45, 7) is 9.60. The summed E-state index contributed by atoms with van der Waals surface area (Å²) in [6.07, 6.45) is 5.58. The van der Waals surface area contributed by atoms with E-state index in [2.05, 4.69) is 32.0 Å². The second kappa shape index (κ2) is 8.61. The lowest BCUT2D eigenvalue weighted by molar-refractivity contribution is -0.137. The van der Waals surface area contributed by atoms with E-state index in [-0.39, 0.29) is 0 Å². The van der Waals surface area contributed by atoms with Crippen LogP contribution in [0.4, 0.5) is 5.82 Å². The van der Waals surface area contributed by atoms with E-state index >= 15 is 0 Å². The minimum atomic E-state index is 0.307. The lowest BCUT2D eigenvalue weighted by Crippen LogP contribution is -2.50. The number of rotatable bonds is 6. The molecule has 0 atom stereocenters. The van der Waals surface area contributed by atoms with Gasteiger partial charge in [0.15, 0.2) is 0 Å². The molecule has 1 saturated heterocycles. The Kier molecular flexibility index (Phi) is 6.24. The molecule has 1 aromatic rings. The summed E-state index contributed by atoms with van der Waals surface area (Å²) in [6, 6.07) is 2.03. The number of aryl methyl sites for hydroxylation is 2.